The number of hydrogen-bond donors (Lipinski definition) is 0. The second-order valence-electron chi connectivity index (χ2n) is 6.48. The fourth-order valence-electron chi connectivity index (χ4n) is 3.28. The quantitative estimate of drug-likeness (QED) is 0.257. The minimum atomic E-state index is -4.39. The van der Waals surface area contributed by atoms with Crippen molar-refractivity contribution in [3.63, 3.8) is 0 Å². The van der Waals surface area contributed by atoms with E-state index in [1.54, 1.807) is 6.07 Å². The maximum atomic E-state index is 13.3. The van der Waals surface area contributed by atoms with Crippen molar-refractivity contribution in [2.75, 3.05) is 0 Å². The first-order valence-electron chi connectivity index (χ1n) is 8.66. The van der Waals surface area contributed by atoms with Gasteiger partial charge in [0.25, 0.3) is 0 Å². The first-order valence-corrected chi connectivity index (χ1v) is 10.7. The highest BCUT2D eigenvalue weighted by atomic mass is 35.5. The zero-order valence-corrected chi connectivity index (χ0v) is 17.0. The van der Waals surface area contributed by atoms with Crippen molar-refractivity contribution in [1.29, 1.82) is 0 Å². The highest BCUT2D eigenvalue weighted by Crippen LogP contribution is 2.52. The topological polar surface area (TPSA) is 12.9 Å². The monoisotopic (exact) mass is 445 g/mol. The number of halogens is 4. The minimum Gasteiger partial charge on any atom is -0.235 e. The average Bonchev–Trinajstić information content (AvgIpc) is 3.07. The lowest BCUT2D eigenvalue weighted by Crippen LogP contribution is -2.04. The summed E-state index contributed by atoms with van der Waals surface area (Å²) in [7, 11) is 0. The van der Waals surface area contributed by atoms with Crippen molar-refractivity contribution in [1.82, 2.24) is 4.98 Å². The van der Waals surface area contributed by atoms with Crippen LogP contribution in [0.25, 0.3) is 32.3 Å². The second-order valence-corrected chi connectivity index (χ2v) is 8.97. The predicted octanol–water partition coefficient (Wildman–Crippen LogP) is 8.28. The van der Waals surface area contributed by atoms with Gasteiger partial charge >= 0.3 is 6.18 Å². The molecule has 29 heavy (non-hydrogen) atoms. The van der Waals surface area contributed by atoms with E-state index in [1.807, 2.05) is 42.5 Å². The summed E-state index contributed by atoms with van der Waals surface area (Å²) in [4.78, 5) is 7.19. The Morgan fingerprint density at radius 3 is 2.28 bits per heavy atom. The zero-order valence-electron chi connectivity index (χ0n) is 14.6. The van der Waals surface area contributed by atoms with E-state index in [2.05, 4.69) is 0 Å². The molecule has 1 aliphatic rings. The second kappa shape index (κ2) is 6.90. The van der Waals surface area contributed by atoms with E-state index in [9.17, 15) is 13.2 Å². The number of rotatable bonds is 1. The van der Waals surface area contributed by atoms with Gasteiger partial charge in [-0.1, -0.05) is 65.8 Å². The summed E-state index contributed by atoms with van der Waals surface area (Å²) in [5, 5.41) is 1.33. The van der Waals surface area contributed by atoms with Crippen LogP contribution in [0.1, 0.15) is 5.56 Å². The molecule has 1 aliphatic heterocycles. The number of benzene rings is 3. The third-order valence-corrected chi connectivity index (χ3v) is 7.23. The highest BCUT2D eigenvalue weighted by Gasteiger charge is 2.33. The first-order chi connectivity index (χ1) is 13.9. The molecule has 0 aliphatic carbocycles. The maximum Gasteiger partial charge on any atom is 0.416 e. The Balaban J connectivity index is 1.78. The summed E-state index contributed by atoms with van der Waals surface area (Å²) < 4.78 is 39.9. The van der Waals surface area contributed by atoms with Crippen molar-refractivity contribution < 1.29 is 13.2 Å². The van der Waals surface area contributed by atoms with Gasteiger partial charge in [-0.05, 0) is 24.3 Å². The van der Waals surface area contributed by atoms with Gasteiger partial charge in [-0.3, -0.25) is 0 Å². The number of aromatic nitrogens is 1. The van der Waals surface area contributed by atoms with Crippen LogP contribution in [0.2, 0.25) is 5.02 Å². The third-order valence-electron chi connectivity index (χ3n) is 4.65. The molecule has 0 unspecified atom stereocenters. The van der Waals surface area contributed by atoms with Gasteiger partial charge in [-0.15, -0.1) is 11.3 Å². The van der Waals surface area contributed by atoms with E-state index < -0.39 is 11.7 Å². The molecule has 3 aromatic carbocycles. The van der Waals surface area contributed by atoms with E-state index in [4.69, 9.17) is 16.6 Å². The van der Waals surface area contributed by atoms with Crippen LogP contribution in [-0.2, 0) is 6.18 Å². The van der Waals surface area contributed by atoms with E-state index in [1.165, 1.54) is 35.2 Å². The molecule has 4 aromatic rings. The number of fused-ring (bicyclic) bond motifs is 5. The van der Waals surface area contributed by atoms with Crippen LogP contribution < -0.4 is 0 Å². The number of alkyl halides is 3. The SMILES string of the molecule is FC(F)(F)c1ccc2c(c1)Sc1ccccc1-c1sc(-c3ccccc3Cl)nc1-2. The zero-order chi connectivity index (χ0) is 20.2. The molecule has 0 bridgehead atoms. The van der Waals surface area contributed by atoms with Gasteiger partial charge in [-0.2, -0.15) is 13.2 Å². The van der Waals surface area contributed by atoms with Crippen LogP contribution in [-0.4, -0.2) is 4.98 Å². The molecular formula is C22H11ClF3NS2. The van der Waals surface area contributed by atoms with Gasteiger partial charge in [0.1, 0.15) is 5.01 Å². The van der Waals surface area contributed by atoms with Crippen LogP contribution >= 0.6 is 34.7 Å². The van der Waals surface area contributed by atoms with E-state index in [-0.39, 0.29) is 0 Å². The fourth-order valence-corrected chi connectivity index (χ4v) is 5.90. The summed E-state index contributed by atoms with van der Waals surface area (Å²) >= 11 is 9.20. The first kappa shape index (κ1) is 18.7. The van der Waals surface area contributed by atoms with Gasteiger partial charge in [0.05, 0.1) is 21.2 Å². The van der Waals surface area contributed by atoms with Gasteiger partial charge in [0, 0.05) is 26.5 Å². The molecule has 0 saturated carbocycles. The highest BCUT2D eigenvalue weighted by molar-refractivity contribution is 7.99. The normalized spacial score (nSPS) is 12.7. The van der Waals surface area contributed by atoms with Gasteiger partial charge < -0.3 is 0 Å². The summed E-state index contributed by atoms with van der Waals surface area (Å²) in [5.74, 6) is 0. The summed E-state index contributed by atoms with van der Waals surface area (Å²) in [6.45, 7) is 0. The molecule has 0 spiro atoms. The Labute approximate surface area is 178 Å². The third kappa shape index (κ3) is 3.25. The largest absolute Gasteiger partial charge is 0.416 e. The Bertz CT molecular complexity index is 1250. The van der Waals surface area contributed by atoms with Crippen LogP contribution in [0.5, 0.6) is 0 Å². The number of hydrogen-bond acceptors (Lipinski definition) is 3. The molecule has 0 N–H and O–H groups in total. The lowest BCUT2D eigenvalue weighted by Gasteiger charge is -2.11. The summed E-state index contributed by atoms with van der Waals surface area (Å²) in [5.41, 5.74) is 2.50. The van der Waals surface area contributed by atoms with Gasteiger partial charge in [0.15, 0.2) is 0 Å². The summed E-state index contributed by atoms with van der Waals surface area (Å²) in [6.07, 6.45) is -4.39. The molecule has 0 fully saturated rings. The standard InChI is InChI=1S/C22H11ClF3NS2/c23-16-7-3-1-5-13(16)21-27-19-14-10-9-12(22(24,25)26)11-18(14)28-17-8-4-2-6-15(17)20(19)29-21/h1-11H. The molecule has 1 aromatic heterocycles. The molecule has 5 rings (SSSR count). The lowest BCUT2D eigenvalue weighted by molar-refractivity contribution is -0.137. The number of thiazole rings is 1. The van der Waals surface area contributed by atoms with Crippen molar-refractivity contribution in [3.8, 4) is 32.3 Å². The molecule has 0 atom stereocenters. The average molecular weight is 446 g/mol. The fraction of sp³-hybridized carbons (Fsp3) is 0.0455. The molecule has 7 heteroatoms. The van der Waals surface area contributed by atoms with Crippen molar-refractivity contribution in [3.05, 3.63) is 77.3 Å². The lowest BCUT2D eigenvalue weighted by atomic mass is 10.0. The van der Waals surface area contributed by atoms with Crippen LogP contribution in [0.15, 0.2) is 76.5 Å². The molecule has 144 valence electrons. The number of nitrogens with zero attached hydrogens (tertiary/aromatic N) is 1. The van der Waals surface area contributed by atoms with Gasteiger partial charge in [0.2, 0.25) is 0 Å². The van der Waals surface area contributed by atoms with Crippen molar-refractivity contribution in [2.24, 2.45) is 0 Å². The van der Waals surface area contributed by atoms with Crippen LogP contribution in [0.4, 0.5) is 13.2 Å². The predicted molar refractivity (Wildman–Crippen MR) is 113 cm³/mol. The minimum absolute atomic E-state index is 0.544. The van der Waals surface area contributed by atoms with Crippen LogP contribution in [0.3, 0.4) is 0 Å². The van der Waals surface area contributed by atoms with E-state index in [0.29, 0.717) is 21.2 Å². The molecule has 0 amide bonds. The Hall–Kier alpha value is -2.28. The van der Waals surface area contributed by atoms with Crippen molar-refractivity contribution in [2.45, 2.75) is 16.0 Å². The van der Waals surface area contributed by atoms with Gasteiger partial charge in [-0.25, -0.2) is 4.98 Å². The Morgan fingerprint density at radius 2 is 1.52 bits per heavy atom. The Morgan fingerprint density at radius 1 is 0.793 bits per heavy atom. The molecule has 2 heterocycles. The molecule has 1 nitrogen and oxygen atoms in total. The van der Waals surface area contributed by atoms with E-state index in [0.717, 1.165) is 32.0 Å². The smallest absolute Gasteiger partial charge is 0.235 e. The maximum absolute atomic E-state index is 13.3. The van der Waals surface area contributed by atoms with E-state index >= 15 is 0 Å². The molecular weight excluding hydrogens is 435 g/mol. The summed E-state index contributed by atoms with van der Waals surface area (Å²) in [6, 6.07) is 19.0. The molecule has 0 saturated heterocycles. The van der Waals surface area contributed by atoms with Crippen LogP contribution in [0, 0.1) is 0 Å². The molecule has 0 radical (unpaired) electrons. The Kier molecular flexibility index (Phi) is 4.46. The van der Waals surface area contributed by atoms with Crippen molar-refractivity contribution >= 4 is 34.7 Å².